The molecule has 0 aliphatic rings. The predicted molar refractivity (Wildman–Crippen MR) is 90.0 cm³/mol. The molecule has 1 aromatic heterocycles. The molecule has 3 nitrogen and oxygen atoms in total. The molecule has 0 saturated carbocycles. The van der Waals surface area contributed by atoms with Gasteiger partial charge in [-0.15, -0.1) is 23.7 Å². The third-order valence-electron chi connectivity index (χ3n) is 3.19. The number of hydrogen-bond donors (Lipinski definition) is 1. The second kappa shape index (κ2) is 8.52. The topological polar surface area (TPSA) is 42.2 Å². The number of thiazole rings is 1. The lowest BCUT2D eigenvalue weighted by molar-refractivity contribution is -0.147. The van der Waals surface area contributed by atoms with Crippen LogP contribution in [-0.2, 0) is 13.0 Å². The van der Waals surface area contributed by atoms with Crippen molar-refractivity contribution in [3.8, 4) is 0 Å². The van der Waals surface area contributed by atoms with E-state index >= 15 is 0 Å². The molecule has 0 bridgehead atoms. The predicted octanol–water partition coefficient (Wildman–Crippen LogP) is 4.06. The molecule has 1 aromatic carbocycles. The highest BCUT2D eigenvalue weighted by Gasteiger charge is 2.30. The first-order valence-corrected chi connectivity index (χ1v) is 7.68. The number of aromatic nitrogens is 1. The van der Waals surface area contributed by atoms with Crippen molar-refractivity contribution in [1.82, 2.24) is 9.88 Å². The van der Waals surface area contributed by atoms with E-state index in [1.54, 1.807) is 0 Å². The number of anilines is 1. The van der Waals surface area contributed by atoms with Crippen LogP contribution >= 0.6 is 23.7 Å². The molecule has 0 aliphatic heterocycles. The van der Waals surface area contributed by atoms with Gasteiger partial charge in [-0.25, -0.2) is 4.98 Å². The van der Waals surface area contributed by atoms with Crippen molar-refractivity contribution >= 4 is 28.9 Å². The number of hydrogen-bond acceptors (Lipinski definition) is 4. The maximum absolute atomic E-state index is 12.7. The average Bonchev–Trinajstić information content (AvgIpc) is 2.81. The van der Waals surface area contributed by atoms with Gasteiger partial charge in [-0.2, -0.15) is 13.2 Å². The summed E-state index contributed by atoms with van der Waals surface area (Å²) in [7, 11) is 0. The first-order chi connectivity index (χ1) is 10.3. The SMILES string of the molecule is Cc1ccc(CCN(Cc2cnc(N)s2)CC(F)(F)F)cc1.Cl. The Balaban J connectivity index is 0.00000264. The third kappa shape index (κ3) is 7.20. The molecule has 0 aliphatic carbocycles. The van der Waals surface area contributed by atoms with E-state index in [4.69, 9.17) is 5.73 Å². The molecule has 0 amide bonds. The summed E-state index contributed by atoms with van der Waals surface area (Å²) in [5, 5.41) is 0.375. The fraction of sp³-hybridized carbons (Fsp3) is 0.400. The van der Waals surface area contributed by atoms with Crippen LogP contribution < -0.4 is 5.73 Å². The first-order valence-electron chi connectivity index (χ1n) is 6.87. The van der Waals surface area contributed by atoms with Crippen molar-refractivity contribution in [2.45, 2.75) is 26.1 Å². The average molecular weight is 366 g/mol. The van der Waals surface area contributed by atoms with Crippen LogP contribution in [0.5, 0.6) is 0 Å². The summed E-state index contributed by atoms with van der Waals surface area (Å²) < 4.78 is 38.1. The molecule has 0 fully saturated rings. The van der Waals surface area contributed by atoms with E-state index in [-0.39, 0.29) is 19.0 Å². The summed E-state index contributed by atoms with van der Waals surface area (Å²) in [5.74, 6) is 0. The Morgan fingerprint density at radius 3 is 2.39 bits per heavy atom. The van der Waals surface area contributed by atoms with E-state index in [0.717, 1.165) is 16.0 Å². The zero-order valence-electron chi connectivity index (χ0n) is 12.6. The van der Waals surface area contributed by atoms with E-state index < -0.39 is 12.7 Å². The van der Waals surface area contributed by atoms with Crippen LogP contribution in [-0.4, -0.2) is 29.1 Å². The largest absolute Gasteiger partial charge is 0.401 e. The monoisotopic (exact) mass is 365 g/mol. The minimum absolute atomic E-state index is 0. The van der Waals surface area contributed by atoms with Crippen molar-refractivity contribution in [2.24, 2.45) is 0 Å². The second-order valence-electron chi connectivity index (χ2n) is 5.23. The summed E-state index contributed by atoms with van der Waals surface area (Å²) in [6, 6.07) is 7.83. The molecule has 2 N–H and O–H groups in total. The Bertz CT molecular complexity index is 599. The van der Waals surface area contributed by atoms with Crippen LogP contribution in [0.15, 0.2) is 30.5 Å². The van der Waals surface area contributed by atoms with Crippen LogP contribution in [0.4, 0.5) is 18.3 Å². The van der Waals surface area contributed by atoms with Gasteiger partial charge in [0.25, 0.3) is 0 Å². The molecule has 0 unspecified atom stereocenters. The molecular weight excluding hydrogens is 347 g/mol. The van der Waals surface area contributed by atoms with Gasteiger partial charge in [0.05, 0.1) is 6.54 Å². The summed E-state index contributed by atoms with van der Waals surface area (Å²) in [6.07, 6.45) is -2.11. The summed E-state index contributed by atoms with van der Waals surface area (Å²) in [4.78, 5) is 6.01. The van der Waals surface area contributed by atoms with E-state index in [1.807, 2.05) is 31.2 Å². The standard InChI is InChI=1S/C15H18F3N3S.ClH/c1-11-2-4-12(5-3-11)6-7-21(10-15(16,17)18)9-13-8-20-14(19)22-13;/h2-5,8H,6-7,9-10H2,1H3,(H2,19,20);1H. The lowest BCUT2D eigenvalue weighted by Crippen LogP contribution is -2.35. The Morgan fingerprint density at radius 1 is 1.22 bits per heavy atom. The summed E-state index contributed by atoms with van der Waals surface area (Å²) in [5.41, 5.74) is 7.69. The van der Waals surface area contributed by atoms with Gasteiger partial charge in [0.15, 0.2) is 5.13 Å². The van der Waals surface area contributed by atoms with Crippen molar-refractivity contribution in [3.63, 3.8) is 0 Å². The number of halogens is 4. The van der Waals surface area contributed by atoms with Crippen LogP contribution in [0.3, 0.4) is 0 Å². The van der Waals surface area contributed by atoms with Gasteiger partial charge >= 0.3 is 6.18 Å². The lowest BCUT2D eigenvalue weighted by atomic mass is 10.1. The molecule has 23 heavy (non-hydrogen) atoms. The maximum Gasteiger partial charge on any atom is 0.401 e. The smallest absolute Gasteiger partial charge is 0.375 e. The zero-order chi connectivity index (χ0) is 16.2. The summed E-state index contributed by atoms with van der Waals surface area (Å²) >= 11 is 1.22. The highest BCUT2D eigenvalue weighted by Crippen LogP contribution is 2.21. The van der Waals surface area contributed by atoms with Crippen LogP contribution in [0.2, 0.25) is 0 Å². The van der Waals surface area contributed by atoms with Gasteiger partial charge in [0, 0.05) is 24.2 Å². The van der Waals surface area contributed by atoms with Crippen molar-refractivity contribution in [1.29, 1.82) is 0 Å². The first kappa shape index (κ1) is 19.7. The number of nitrogens with zero attached hydrogens (tertiary/aromatic N) is 2. The Labute approximate surface area is 143 Å². The van der Waals surface area contributed by atoms with Gasteiger partial charge in [-0.1, -0.05) is 29.8 Å². The number of benzene rings is 1. The van der Waals surface area contributed by atoms with Crippen molar-refractivity contribution < 1.29 is 13.2 Å². The summed E-state index contributed by atoms with van der Waals surface area (Å²) in [6.45, 7) is 1.59. The molecule has 0 spiro atoms. The molecular formula is C15H19ClF3N3S. The molecule has 0 saturated heterocycles. The fourth-order valence-corrected chi connectivity index (χ4v) is 2.85. The van der Waals surface area contributed by atoms with Crippen molar-refractivity contribution in [3.05, 3.63) is 46.5 Å². The quantitative estimate of drug-likeness (QED) is 0.839. The molecule has 2 aromatic rings. The molecule has 0 atom stereocenters. The van der Waals surface area contributed by atoms with E-state index in [2.05, 4.69) is 4.98 Å². The molecule has 0 radical (unpaired) electrons. The normalized spacial score (nSPS) is 11.5. The van der Waals surface area contributed by atoms with Gasteiger partial charge in [0.1, 0.15) is 0 Å². The minimum atomic E-state index is -4.22. The number of nitrogen functional groups attached to an aromatic ring is 1. The van der Waals surface area contributed by atoms with Crippen LogP contribution in [0.1, 0.15) is 16.0 Å². The van der Waals surface area contributed by atoms with Crippen LogP contribution in [0, 0.1) is 6.92 Å². The van der Waals surface area contributed by atoms with Crippen molar-refractivity contribution in [2.75, 3.05) is 18.8 Å². The van der Waals surface area contributed by atoms with E-state index in [9.17, 15) is 13.2 Å². The fourth-order valence-electron chi connectivity index (χ4n) is 2.13. The van der Waals surface area contributed by atoms with E-state index in [0.29, 0.717) is 18.1 Å². The third-order valence-corrected chi connectivity index (χ3v) is 4.00. The molecule has 128 valence electrons. The maximum atomic E-state index is 12.7. The molecule has 2 rings (SSSR count). The Kier molecular flexibility index (Phi) is 7.31. The zero-order valence-corrected chi connectivity index (χ0v) is 14.3. The highest BCUT2D eigenvalue weighted by atomic mass is 35.5. The number of rotatable bonds is 6. The van der Waals surface area contributed by atoms with Gasteiger partial charge in [-0.3, -0.25) is 4.90 Å². The van der Waals surface area contributed by atoms with Crippen LogP contribution in [0.25, 0.3) is 0 Å². The Morgan fingerprint density at radius 2 is 1.87 bits per heavy atom. The number of aryl methyl sites for hydroxylation is 1. The molecule has 8 heteroatoms. The minimum Gasteiger partial charge on any atom is -0.375 e. The Hall–Kier alpha value is -1.31. The second-order valence-corrected chi connectivity index (χ2v) is 6.37. The lowest BCUT2D eigenvalue weighted by Gasteiger charge is -2.23. The number of alkyl halides is 3. The van der Waals surface area contributed by atoms with Gasteiger partial charge in [-0.05, 0) is 18.9 Å². The highest BCUT2D eigenvalue weighted by molar-refractivity contribution is 7.15. The molecule has 1 heterocycles. The van der Waals surface area contributed by atoms with Gasteiger partial charge in [0.2, 0.25) is 0 Å². The van der Waals surface area contributed by atoms with Gasteiger partial charge < -0.3 is 5.73 Å². The number of nitrogens with two attached hydrogens (primary N) is 1. The van der Waals surface area contributed by atoms with E-state index in [1.165, 1.54) is 22.4 Å².